The van der Waals surface area contributed by atoms with Gasteiger partial charge < -0.3 is 9.47 Å². The van der Waals surface area contributed by atoms with Crippen molar-refractivity contribution in [1.82, 2.24) is 9.66 Å². The molecule has 7 nitrogen and oxygen atoms in total. The minimum atomic E-state index is -0.498. The van der Waals surface area contributed by atoms with E-state index in [0.717, 1.165) is 16.3 Å². The van der Waals surface area contributed by atoms with Crippen molar-refractivity contribution in [2.75, 3.05) is 13.7 Å². The average molecular weight is 463 g/mol. The van der Waals surface area contributed by atoms with Crippen LogP contribution in [-0.2, 0) is 9.53 Å². The first-order valence-electron chi connectivity index (χ1n) is 11.0. The summed E-state index contributed by atoms with van der Waals surface area (Å²) in [5, 5.41) is 6.87. The van der Waals surface area contributed by atoms with E-state index in [0.29, 0.717) is 28.0 Å². The Bertz CT molecular complexity index is 1620. The van der Waals surface area contributed by atoms with E-state index in [1.54, 1.807) is 30.5 Å². The number of esters is 1. The van der Waals surface area contributed by atoms with Gasteiger partial charge in [-0.1, -0.05) is 72.8 Å². The Morgan fingerprint density at radius 1 is 0.914 bits per heavy atom. The highest BCUT2D eigenvalue weighted by molar-refractivity contribution is 6.02. The number of ether oxygens (including phenoxy) is 2. The number of benzene rings is 4. The number of carbonyl (C=O) groups excluding carboxylic acids is 1. The maximum absolute atomic E-state index is 13.5. The number of aromatic nitrogens is 2. The van der Waals surface area contributed by atoms with Crippen LogP contribution in [0, 0.1) is 0 Å². The van der Waals surface area contributed by atoms with Gasteiger partial charge in [0.15, 0.2) is 12.4 Å². The zero-order valence-corrected chi connectivity index (χ0v) is 18.9. The fourth-order valence-electron chi connectivity index (χ4n) is 3.85. The third-order valence-corrected chi connectivity index (χ3v) is 5.59. The highest BCUT2D eigenvalue weighted by atomic mass is 16.6. The summed E-state index contributed by atoms with van der Waals surface area (Å²) in [5.74, 6) is 0.367. The largest absolute Gasteiger partial charge is 0.481 e. The summed E-state index contributed by atoms with van der Waals surface area (Å²) in [6, 6.07) is 28.0. The number of para-hydroxylation sites is 1. The minimum absolute atomic E-state index is 0.248. The maximum atomic E-state index is 13.5. The molecule has 0 unspecified atom stereocenters. The first-order chi connectivity index (χ1) is 17.2. The number of rotatable bonds is 6. The molecule has 7 heteroatoms. The smallest absolute Gasteiger partial charge is 0.343 e. The van der Waals surface area contributed by atoms with Crippen molar-refractivity contribution in [3.8, 4) is 17.1 Å². The molecule has 1 heterocycles. The van der Waals surface area contributed by atoms with E-state index < -0.39 is 5.97 Å². The molecule has 0 fully saturated rings. The van der Waals surface area contributed by atoms with Gasteiger partial charge in [0.05, 0.1) is 24.2 Å². The molecule has 0 aliphatic heterocycles. The molecular weight excluding hydrogens is 442 g/mol. The Morgan fingerprint density at radius 3 is 2.43 bits per heavy atom. The molecule has 4 aromatic carbocycles. The Kier molecular flexibility index (Phi) is 6.05. The van der Waals surface area contributed by atoms with Crippen LogP contribution in [0.1, 0.15) is 5.56 Å². The molecule has 0 aliphatic rings. The Labute approximate surface area is 200 Å². The van der Waals surface area contributed by atoms with E-state index in [2.05, 4.69) is 5.10 Å². The maximum Gasteiger partial charge on any atom is 0.343 e. The number of carbonyl (C=O) groups is 1. The van der Waals surface area contributed by atoms with Crippen LogP contribution in [0.15, 0.2) is 101 Å². The van der Waals surface area contributed by atoms with Gasteiger partial charge in [0.25, 0.3) is 5.56 Å². The molecule has 0 saturated heterocycles. The SMILES string of the molecule is COC(=O)COc1ccc2ccccc2c1C=Nn1c(-c2ccccc2)nc2ccccc2c1=O. The summed E-state index contributed by atoms with van der Waals surface area (Å²) in [6.07, 6.45) is 1.57. The summed E-state index contributed by atoms with van der Waals surface area (Å²) in [4.78, 5) is 29.9. The molecule has 0 atom stereocenters. The lowest BCUT2D eigenvalue weighted by Gasteiger charge is -2.12. The van der Waals surface area contributed by atoms with Crippen LogP contribution in [-0.4, -0.2) is 35.6 Å². The first kappa shape index (κ1) is 22.0. The molecule has 172 valence electrons. The van der Waals surface area contributed by atoms with Crippen LogP contribution < -0.4 is 10.3 Å². The van der Waals surface area contributed by atoms with Crippen LogP contribution in [0.4, 0.5) is 0 Å². The van der Waals surface area contributed by atoms with Crippen LogP contribution in [0.2, 0.25) is 0 Å². The molecule has 0 saturated carbocycles. The second-order valence-electron chi connectivity index (χ2n) is 7.74. The summed E-state index contributed by atoms with van der Waals surface area (Å²) < 4.78 is 11.7. The number of hydrogen-bond donors (Lipinski definition) is 0. The average Bonchev–Trinajstić information content (AvgIpc) is 2.91. The molecule has 5 aromatic rings. The van der Waals surface area contributed by atoms with Crippen LogP contribution in [0.25, 0.3) is 33.1 Å². The predicted octanol–water partition coefficient (Wildman–Crippen LogP) is 4.65. The number of fused-ring (bicyclic) bond motifs is 2. The minimum Gasteiger partial charge on any atom is -0.481 e. The van der Waals surface area contributed by atoms with Crippen LogP contribution in [0.5, 0.6) is 5.75 Å². The third-order valence-electron chi connectivity index (χ3n) is 5.59. The predicted molar refractivity (Wildman–Crippen MR) is 136 cm³/mol. The van der Waals surface area contributed by atoms with E-state index in [4.69, 9.17) is 14.5 Å². The zero-order valence-electron chi connectivity index (χ0n) is 18.9. The van der Waals surface area contributed by atoms with E-state index in [9.17, 15) is 9.59 Å². The normalized spacial score (nSPS) is 11.2. The number of nitrogens with zero attached hydrogens (tertiary/aromatic N) is 3. The first-order valence-corrected chi connectivity index (χ1v) is 11.0. The summed E-state index contributed by atoms with van der Waals surface area (Å²) >= 11 is 0. The van der Waals surface area contributed by atoms with Gasteiger partial charge in [0.1, 0.15) is 5.75 Å². The van der Waals surface area contributed by atoms with Gasteiger partial charge in [0.2, 0.25) is 0 Å². The monoisotopic (exact) mass is 463 g/mol. The van der Waals surface area contributed by atoms with Crippen molar-refractivity contribution in [2.45, 2.75) is 0 Å². The summed E-state index contributed by atoms with van der Waals surface area (Å²) in [6.45, 7) is -0.248. The van der Waals surface area contributed by atoms with Crippen molar-refractivity contribution in [1.29, 1.82) is 0 Å². The van der Waals surface area contributed by atoms with Gasteiger partial charge in [-0.3, -0.25) is 4.79 Å². The standard InChI is InChI=1S/C28H21N3O4/c1-34-26(32)18-35-25-16-15-19-9-5-6-12-21(19)23(25)17-29-31-27(20-10-3-2-4-11-20)30-24-14-8-7-13-22(24)28(31)33/h2-17H,18H2,1H3. The summed E-state index contributed by atoms with van der Waals surface area (Å²) in [5.41, 5.74) is 1.69. The Balaban J connectivity index is 1.70. The van der Waals surface area contributed by atoms with Crippen LogP contribution in [0.3, 0.4) is 0 Å². The summed E-state index contributed by atoms with van der Waals surface area (Å²) in [7, 11) is 1.30. The molecule has 5 rings (SSSR count). The van der Waals surface area contributed by atoms with Gasteiger partial charge >= 0.3 is 5.97 Å². The quantitative estimate of drug-likeness (QED) is 0.270. The van der Waals surface area contributed by atoms with Gasteiger partial charge in [0, 0.05) is 11.1 Å². The van der Waals surface area contributed by atoms with Gasteiger partial charge in [-0.15, -0.1) is 0 Å². The third kappa shape index (κ3) is 4.39. The Morgan fingerprint density at radius 2 is 1.63 bits per heavy atom. The highest BCUT2D eigenvalue weighted by Gasteiger charge is 2.14. The molecule has 0 spiro atoms. The molecule has 0 N–H and O–H groups in total. The van der Waals surface area contributed by atoms with Crippen molar-refractivity contribution in [3.63, 3.8) is 0 Å². The lowest BCUT2D eigenvalue weighted by atomic mass is 10.0. The molecule has 1 aromatic heterocycles. The molecule has 0 aliphatic carbocycles. The van der Waals surface area contributed by atoms with Crippen LogP contribution >= 0.6 is 0 Å². The fourth-order valence-corrected chi connectivity index (χ4v) is 3.85. The van der Waals surface area contributed by atoms with Crippen molar-refractivity contribution < 1.29 is 14.3 Å². The molecule has 35 heavy (non-hydrogen) atoms. The zero-order chi connectivity index (χ0) is 24.2. The Hall–Kier alpha value is -4.78. The van der Waals surface area contributed by atoms with E-state index in [1.807, 2.05) is 66.7 Å². The van der Waals surface area contributed by atoms with Gasteiger partial charge in [-0.05, 0) is 29.0 Å². The highest BCUT2D eigenvalue weighted by Crippen LogP contribution is 2.27. The van der Waals surface area contributed by atoms with Crippen molar-refractivity contribution in [3.05, 3.63) is 107 Å². The number of hydrogen-bond acceptors (Lipinski definition) is 6. The topological polar surface area (TPSA) is 82.8 Å². The van der Waals surface area contributed by atoms with Gasteiger partial charge in [-0.2, -0.15) is 9.78 Å². The lowest BCUT2D eigenvalue weighted by Crippen LogP contribution is -2.20. The molecule has 0 bridgehead atoms. The van der Waals surface area contributed by atoms with E-state index in [1.165, 1.54) is 11.8 Å². The van der Waals surface area contributed by atoms with Gasteiger partial charge in [-0.25, -0.2) is 9.78 Å². The van der Waals surface area contributed by atoms with Crippen molar-refractivity contribution >= 4 is 33.9 Å². The fraction of sp³-hybridized carbons (Fsp3) is 0.0714. The lowest BCUT2D eigenvalue weighted by molar-refractivity contribution is -0.142. The van der Waals surface area contributed by atoms with Crippen molar-refractivity contribution in [2.24, 2.45) is 5.10 Å². The second kappa shape index (κ2) is 9.61. The van der Waals surface area contributed by atoms with E-state index in [-0.39, 0.29) is 12.2 Å². The molecule has 0 radical (unpaired) electrons. The molecular formula is C28H21N3O4. The van der Waals surface area contributed by atoms with E-state index >= 15 is 0 Å². The second-order valence-corrected chi connectivity index (χ2v) is 7.74. The molecule has 0 amide bonds. The number of methoxy groups -OCH3 is 1.